The van der Waals surface area contributed by atoms with Gasteiger partial charge in [-0.1, -0.05) is 6.07 Å². The van der Waals surface area contributed by atoms with Crippen LogP contribution in [0.1, 0.15) is 28.9 Å². The predicted molar refractivity (Wildman–Crippen MR) is 101 cm³/mol. The van der Waals surface area contributed by atoms with Gasteiger partial charge in [0.15, 0.2) is 5.11 Å². The van der Waals surface area contributed by atoms with Gasteiger partial charge in [-0.2, -0.15) is 0 Å². The Morgan fingerprint density at radius 1 is 1.12 bits per heavy atom. The highest BCUT2D eigenvalue weighted by molar-refractivity contribution is 7.80. The van der Waals surface area contributed by atoms with Crippen molar-refractivity contribution in [1.29, 1.82) is 0 Å². The maximum absolute atomic E-state index is 5.67. The average molecular weight is 349 g/mol. The van der Waals surface area contributed by atoms with Crippen LogP contribution in [-0.4, -0.2) is 24.5 Å². The molecule has 0 saturated carbocycles. The summed E-state index contributed by atoms with van der Waals surface area (Å²) in [5.41, 5.74) is 3.40. The maximum Gasteiger partial charge on any atom is 0.170 e. The number of hydrogen-bond donors (Lipinski definition) is 1. The van der Waals surface area contributed by atoms with Crippen molar-refractivity contribution in [2.45, 2.75) is 18.6 Å². The maximum atomic E-state index is 5.67. The van der Waals surface area contributed by atoms with E-state index in [0.717, 1.165) is 17.4 Å². The number of rotatable bonds is 4. The molecule has 6 heteroatoms. The lowest BCUT2D eigenvalue weighted by Crippen LogP contribution is -2.29. The molecule has 0 spiro atoms. The lowest BCUT2D eigenvalue weighted by atomic mass is 9.99. The molecule has 0 unspecified atom stereocenters. The number of aryl methyl sites for hydroxylation is 1. The normalized spacial score (nSPS) is 19.9. The van der Waals surface area contributed by atoms with Crippen LogP contribution in [0.4, 0.5) is 0 Å². The summed E-state index contributed by atoms with van der Waals surface area (Å²) in [7, 11) is 2.03. The van der Waals surface area contributed by atoms with Crippen LogP contribution in [0.5, 0.6) is 0 Å². The molecule has 4 heterocycles. The summed E-state index contributed by atoms with van der Waals surface area (Å²) in [6.07, 6.45) is 9.67. The number of nitrogens with one attached hydrogen (secondary N) is 1. The van der Waals surface area contributed by atoms with E-state index in [1.54, 1.807) is 0 Å². The number of nitrogens with zero attached hydrogens (tertiary/aromatic N) is 4. The number of hydrogen-bond acceptors (Lipinski definition) is 3. The molecule has 0 aromatic carbocycles. The Kier molecular flexibility index (Phi) is 4.19. The van der Waals surface area contributed by atoms with Crippen molar-refractivity contribution >= 4 is 17.3 Å². The van der Waals surface area contributed by atoms with E-state index >= 15 is 0 Å². The molecule has 3 aromatic rings. The van der Waals surface area contributed by atoms with Gasteiger partial charge >= 0.3 is 0 Å². The lowest BCUT2D eigenvalue weighted by molar-refractivity contribution is 0.311. The van der Waals surface area contributed by atoms with E-state index in [1.807, 2.05) is 56.0 Å². The molecule has 1 aliphatic heterocycles. The van der Waals surface area contributed by atoms with Gasteiger partial charge < -0.3 is 14.8 Å². The molecular weight excluding hydrogens is 330 g/mol. The molecule has 1 fully saturated rings. The minimum absolute atomic E-state index is 0.0259. The van der Waals surface area contributed by atoms with Crippen LogP contribution in [0.15, 0.2) is 67.4 Å². The van der Waals surface area contributed by atoms with Crippen molar-refractivity contribution in [1.82, 2.24) is 24.8 Å². The van der Waals surface area contributed by atoms with E-state index in [0.29, 0.717) is 0 Å². The molecule has 126 valence electrons. The van der Waals surface area contributed by atoms with E-state index in [4.69, 9.17) is 12.2 Å². The first kappa shape index (κ1) is 15.8. The second-order valence-electron chi connectivity index (χ2n) is 6.22. The van der Waals surface area contributed by atoms with Crippen molar-refractivity contribution in [3.05, 3.63) is 84.2 Å². The molecule has 3 aromatic heterocycles. The van der Waals surface area contributed by atoms with E-state index < -0.39 is 0 Å². The minimum Gasteiger partial charge on any atom is -0.357 e. The molecule has 0 aliphatic carbocycles. The zero-order valence-electron chi connectivity index (χ0n) is 13.9. The summed E-state index contributed by atoms with van der Waals surface area (Å²) in [6, 6.07) is 12.3. The molecule has 0 bridgehead atoms. The summed E-state index contributed by atoms with van der Waals surface area (Å²) >= 11 is 5.67. The first-order valence-corrected chi connectivity index (χ1v) is 8.62. The van der Waals surface area contributed by atoms with Crippen LogP contribution in [-0.2, 0) is 13.6 Å². The van der Waals surface area contributed by atoms with Crippen LogP contribution in [0.2, 0.25) is 0 Å². The van der Waals surface area contributed by atoms with E-state index in [1.165, 1.54) is 11.1 Å². The molecule has 1 N–H and O–H groups in total. The van der Waals surface area contributed by atoms with Crippen LogP contribution in [0.25, 0.3) is 0 Å². The van der Waals surface area contributed by atoms with Gasteiger partial charge in [-0.05, 0) is 53.7 Å². The zero-order chi connectivity index (χ0) is 17.2. The van der Waals surface area contributed by atoms with Gasteiger partial charge in [-0.25, -0.2) is 0 Å². The number of pyridine rings is 2. The third-order valence-electron chi connectivity index (χ3n) is 4.50. The second-order valence-corrected chi connectivity index (χ2v) is 6.61. The molecule has 25 heavy (non-hydrogen) atoms. The highest BCUT2D eigenvalue weighted by Crippen LogP contribution is 2.39. The smallest absolute Gasteiger partial charge is 0.170 e. The highest BCUT2D eigenvalue weighted by Gasteiger charge is 2.39. The van der Waals surface area contributed by atoms with Gasteiger partial charge in [0.05, 0.1) is 17.8 Å². The summed E-state index contributed by atoms with van der Waals surface area (Å²) in [6.45, 7) is 0.733. The summed E-state index contributed by atoms with van der Waals surface area (Å²) in [5.74, 6) is 0. The Balaban J connectivity index is 1.72. The molecule has 1 saturated heterocycles. The van der Waals surface area contributed by atoms with Crippen LogP contribution < -0.4 is 5.32 Å². The average Bonchev–Trinajstić information content (AvgIpc) is 3.20. The standard InChI is InChI=1S/C19H19N5S/c1-23-11-7-15(13-23)18-17(16-4-2-3-8-21-16)22-19(25)24(18)12-14-5-9-20-10-6-14/h2-11,13,17-18H,12H2,1H3,(H,22,25)/t17-,18+/m1/s1. The third kappa shape index (κ3) is 3.13. The summed E-state index contributed by atoms with van der Waals surface area (Å²) < 4.78 is 2.07. The van der Waals surface area contributed by atoms with Crippen molar-refractivity contribution in [2.24, 2.45) is 7.05 Å². The second kappa shape index (κ2) is 6.64. The summed E-state index contributed by atoms with van der Waals surface area (Å²) in [5, 5.41) is 4.22. The Hall–Kier alpha value is -2.73. The Morgan fingerprint density at radius 2 is 1.96 bits per heavy atom. The number of aromatic nitrogens is 3. The molecule has 0 radical (unpaired) electrons. The molecule has 2 atom stereocenters. The molecule has 1 aliphatic rings. The van der Waals surface area contributed by atoms with Crippen molar-refractivity contribution < 1.29 is 0 Å². The van der Waals surface area contributed by atoms with Gasteiger partial charge in [0.25, 0.3) is 0 Å². The van der Waals surface area contributed by atoms with Crippen LogP contribution in [0, 0.1) is 0 Å². The van der Waals surface area contributed by atoms with Gasteiger partial charge in [0.1, 0.15) is 0 Å². The monoisotopic (exact) mass is 349 g/mol. The topological polar surface area (TPSA) is 46.0 Å². The quantitative estimate of drug-likeness (QED) is 0.734. The third-order valence-corrected chi connectivity index (χ3v) is 4.85. The summed E-state index contributed by atoms with van der Waals surface area (Å²) in [4.78, 5) is 10.9. The first-order chi connectivity index (χ1) is 12.2. The zero-order valence-corrected chi connectivity index (χ0v) is 14.7. The van der Waals surface area contributed by atoms with Gasteiger partial charge in [0, 0.05) is 44.6 Å². The van der Waals surface area contributed by atoms with E-state index in [-0.39, 0.29) is 12.1 Å². The molecule has 5 nitrogen and oxygen atoms in total. The van der Waals surface area contributed by atoms with Gasteiger partial charge in [-0.15, -0.1) is 0 Å². The fraction of sp³-hybridized carbons (Fsp3) is 0.211. The fourth-order valence-electron chi connectivity index (χ4n) is 3.32. The molecular formula is C19H19N5S. The predicted octanol–water partition coefficient (Wildman–Crippen LogP) is 2.99. The van der Waals surface area contributed by atoms with Gasteiger partial charge in [0.2, 0.25) is 0 Å². The number of thiocarbonyl (C=S) groups is 1. The van der Waals surface area contributed by atoms with Gasteiger partial charge in [-0.3, -0.25) is 9.97 Å². The van der Waals surface area contributed by atoms with E-state index in [2.05, 4.69) is 43.2 Å². The van der Waals surface area contributed by atoms with Crippen LogP contribution >= 0.6 is 12.2 Å². The Bertz CT molecular complexity index is 862. The SMILES string of the molecule is Cn1ccc([C@H]2[C@@H](c3ccccn3)NC(=S)N2Cc2ccncc2)c1. The van der Waals surface area contributed by atoms with Crippen molar-refractivity contribution in [3.8, 4) is 0 Å². The highest BCUT2D eigenvalue weighted by atomic mass is 32.1. The van der Waals surface area contributed by atoms with Crippen molar-refractivity contribution in [2.75, 3.05) is 0 Å². The molecule has 4 rings (SSSR count). The lowest BCUT2D eigenvalue weighted by Gasteiger charge is -2.27. The van der Waals surface area contributed by atoms with Crippen molar-refractivity contribution in [3.63, 3.8) is 0 Å². The first-order valence-electron chi connectivity index (χ1n) is 8.21. The molecule has 0 amide bonds. The minimum atomic E-state index is 0.0259. The van der Waals surface area contributed by atoms with E-state index in [9.17, 15) is 0 Å². The fourth-order valence-corrected chi connectivity index (χ4v) is 3.63. The Labute approximate surface area is 152 Å². The van der Waals surface area contributed by atoms with Crippen LogP contribution in [0.3, 0.4) is 0 Å². The Morgan fingerprint density at radius 3 is 2.64 bits per heavy atom. The largest absolute Gasteiger partial charge is 0.357 e.